The fraction of sp³-hybridized carbons (Fsp3) is 0.241. The average Bonchev–Trinajstić information content (AvgIpc) is 3.65. The smallest absolute Gasteiger partial charge is 0.387 e. The number of benzene rings is 3. The van der Waals surface area contributed by atoms with E-state index >= 15 is 0 Å². The third kappa shape index (κ3) is 4.92. The van der Waals surface area contributed by atoms with Crippen LogP contribution in [0.2, 0.25) is 0 Å². The summed E-state index contributed by atoms with van der Waals surface area (Å²) < 4.78 is 29.6. The Labute approximate surface area is 233 Å². The zero-order valence-electron chi connectivity index (χ0n) is 21.8. The Morgan fingerprint density at radius 3 is 2.37 bits per heavy atom. The number of anilines is 1. The standard InChI is InChI=1S/C29H24F2N6O4/c1-17-7-11-20(12-8-17)36-27(39)25-26(28(36)40)35(34-32-25)16-24(38)37-23(19-5-3-2-4-6-19)15-22(33-37)18-9-13-21(14-10-18)41-29(30)31/h2-14,23,25-26,29H,15-16H2,1H3/t23-,25-,26-/m0/s1. The molecule has 0 N–H and O–H groups in total. The molecular weight excluding hydrogens is 534 g/mol. The predicted molar refractivity (Wildman–Crippen MR) is 143 cm³/mol. The maximum absolute atomic E-state index is 13.7. The normalized spacial score (nSPS) is 21.6. The SMILES string of the molecule is Cc1ccc(N2C(=O)[C@H]3N=NN(CC(=O)N4N=C(c5ccc(OC(F)F)cc5)C[C@H]4c4ccccc4)[C@@H]3C2=O)cc1. The number of aryl methyl sites for hydroxylation is 1. The number of nitrogens with zero attached hydrogens (tertiary/aromatic N) is 6. The Morgan fingerprint density at radius 2 is 1.68 bits per heavy atom. The van der Waals surface area contributed by atoms with Crippen LogP contribution in [0.3, 0.4) is 0 Å². The second kappa shape index (κ2) is 10.5. The van der Waals surface area contributed by atoms with Crippen LogP contribution in [0.25, 0.3) is 0 Å². The van der Waals surface area contributed by atoms with Gasteiger partial charge in [-0.05, 0) is 54.4 Å². The molecule has 10 nitrogen and oxygen atoms in total. The third-order valence-electron chi connectivity index (χ3n) is 7.21. The van der Waals surface area contributed by atoms with Gasteiger partial charge in [0.2, 0.25) is 0 Å². The first-order chi connectivity index (χ1) is 19.8. The Kier molecular flexibility index (Phi) is 6.73. The lowest BCUT2D eigenvalue weighted by Gasteiger charge is -2.25. The molecule has 0 radical (unpaired) electrons. The molecule has 0 saturated carbocycles. The third-order valence-corrected chi connectivity index (χ3v) is 7.21. The molecule has 3 aliphatic rings. The van der Waals surface area contributed by atoms with Crippen LogP contribution in [0.5, 0.6) is 5.75 Å². The highest BCUT2D eigenvalue weighted by atomic mass is 19.3. The van der Waals surface area contributed by atoms with E-state index in [2.05, 4.69) is 20.2 Å². The number of imide groups is 1. The van der Waals surface area contributed by atoms with Gasteiger partial charge in [0.25, 0.3) is 17.7 Å². The van der Waals surface area contributed by atoms with Crippen LogP contribution in [0.4, 0.5) is 14.5 Å². The first-order valence-corrected chi connectivity index (χ1v) is 12.9. The molecule has 3 aromatic carbocycles. The summed E-state index contributed by atoms with van der Waals surface area (Å²) in [6.45, 7) is -1.36. The highest BCUT2D eigenvalue weighted by Crippen LogP contribution is 2.35. The van der Waals surface area contributed by atoms with Crippen molar-refractivity contribution in [2.45, 2.75) is 38.1 Å². The summed E-state index contributed by atoms with van der Waals surface area (Å²) in [6.07, 6.45) is 0.372. The molecule has 3 heterocycles. The molecule has 3 atom stereocenters. The number of hydrazone groups is 1. The topological polar surface area (TPSA) is 107 Å². The molecule has 1 saturated heterocycles. The van der Waals surface area contributed by atoms with Crippen LogP contribution in [0.1, 0.15) is 29.2 Å². The van der Waals surface area contributed by atoms with Crippen molar-refractivity contribution < 1.29 is 27.9 Å². The van der Waals surface area contributed by atoms with Gasteiger partial charge in [-0.25, -0.2) is 9.91 Å². The van der Waals surface area contributed by atoms with Crippen molar-refractivity contribution in [1.82, 2.24) is 10.0 Å². The summed E-state index contributed by atoms with van der Waals surface area (Å²) in [5, 5.41) is 15.2. The van der Waals surface area contributed by atoms with E-state index in [4.69, 9.17) is 0 Å². The van der Waals surface area contributed by atoms with Gasteiger partial charge in [0.1, 0.15) is 12.3 Å². The van der Waals surface area contributed by atoms with E-state index in [1.165, 1.54) is 22.2 Å². The van der Waals surface area contributed by atoms with E-state index < -0.39 is 42.5 Å². The van der Waals surface area contributed by atoms with Crippen molar-refractivity contribution in [2.24, 2.45) is 15.4 Å². The van der Waals surface area contributed by atoms with Crippen molar-refractivity contribution in [2.75, 3.05) is 11.4 Å². The second-order valence-electron chi connectivity index (χ2n) is 9.86. The van der Waals surface area contributed by atoms with E-state index in [0.29, 0.717) is 23.4 Å². The fourth-order valence-electron chi connectivity index (χ4n) is 5.19. The summed E-state index contributed by atoms with van der Waals surface area (Å²) in [7, 11) is 0. The van der Waals surface area contributed by atoms with Crippen molar-refractivity contribution in [3.63, 3.8) is 0 Å². The van der Waals surface area contributed by atoms with Gasteiger partial charge in [-0.15, -0.1) is 0 Å². The van der Waals surface area contributed by atoms with Crippen molar-refractivity contribution in [3.05, 3.63) is 95.6 Å². The summed E-state index contributed by atoms with van der Waals surface area (Å²) in [5.41, 5.74) is 3.49. The van der Waals surface area contributed by atoms with Gasteiger partial charge in [-0.3, -0.25) is 19.4 Å². The Balaban J connectivity index is 1.23. The van der Waals surface area contributed by atoms with Crippen LogP contribution in [-0.2, 0) is 14.4 Å². The minimum absolute atomic E-state index is 0.0132. The van der Waals surface area contributed by atoms with Gasteiger partial charge >= 0.3 is 6.61 Å². The van der Waals surface area contributed by atoms with Gasteiger partial charge < -0.3 is 4.74 Å². The number of alkyl halides is 2. The molecular formula is C29H24F2N6O4. The molecule has 3 aromatic rings. The van der Waals surface area contributed by atoms with Crippen LogP contribution in [0.15, 0.2) is 94.3 Å². The number of carbonyl (C=O) groups excluding carboxylic acids is 3. The second-order valence-corrected chi connectivity index (χ2v) is 9.86. The van der Waals surface area contributed by atoms with E-state index in [1.807, 2.05) is 37.3 Å². The Morgan fingerprint density at radius 1 is 0.976 bits per heavy atom. The number of fused-ring (bicyclic) bond motifs is 1. The molecule has 0 bridgehead atoms. The lowest BCUT2D eigenvalue weighted by atomic mass is 9.98. The fourth-order valence-corrected chi connectivity index (χ4v) is 5.19. The summed E-state index contributed by atoms with van der Waals surface area (Å²) in [4.78, 5) is 41.1. The predicted octanol–water partition coefficient (Wildman–Crippen LogP) is 4.27. The Hall–Kier alpha value is -5.00. The van der Waals surface area contributed by atoms with Crippen LogP contribution in [0, 0.1) is 6.92 Å². The molecule has 0 aliphatic carbocycles. The number of hydrogen-bond acceptors (Lipinski definition) is 8. The van der Waals surface area contributed by atoms with Crippen LogP contribution in [-0.4, -0.2) is 58.7 Å². The summed E-state index contributed by atoms with van der Waals surface area (Å²) >= 11 is 0. The van der Waals surface area contributed by atoms with Crippen molar-refractivity contribution in [3.8, 4) is 5.75 Å². The average molecular weight is 559 g/mol. The zero-order chi connectivity index (χ0) is 28.7. The molecule has 1 fully saturated rings. The molecule has 6 rings (SSSR count). The first-order valence-electron chi connectivity index (χ1n) is 12.9. The van der Waals surface area contributed by atoms with Gasteiger partial charge in [0.05, 0.1) is 17.4 Å². The molecule has 208 valence electrons. The number of hydrogen-bond donors (Lipinski definition) is 0. The lowest BCUT2D eigenvalue weighted by Crippen LogP contribution is -2.44. The molecule has 0 unspecified atom stereocenters. The molecule has 0 spiro atoms. The maximum Gasteiger partial charge on any atom is 0.387 e. The van der Waals surface area contributed by atoms with Crippen molar-refractivity contribution in [1.29, 1.82) is 0 Å². The Bertz CT molecular complexity index is 1550. The summed E-state index contributed by atoms with van der Waals surface area (Å²) in [6, 6.07) is 19.9. The maximum atomic E-state index is 13.7. The van der Waals surface area contributed by atoms with Gasteiger partial charge in [0.15, 0.2) is 12.1 Å². The molecule has 41 heavy (non-hydrogen) atoms. The zero-order valence-corrected chi connectivity index (χ0v) is 21.8. The molecule has 3 aliphatic heterocycles. The number of halogens is 2. The number of rotatable bonds is 7. The largest absolute Gasteiger partial charge is 0.435 e. The van der Waals surface area contributed by atoms with Crippen LogP contribution >= 0.6 is 0 Å². The van der Waals surface area contributed by atoms with Crippen molar-refractivity contribution >= 4 is 29.1 Å². The number of amides is 3. The monoisotopic (exact) mass is 558 g/mol. The van der Waals surface area contributed by atoms with E-state index in [9.17, 15) is 23.2 Å². The van der Waals surface area contributed by atoms with E-state index in [1.54, 1.807) is 36.4 Å². The molecule has 0 aromatic heterocycles. The minimum Gasteiger partial charge on any atom is -0.435 e. The number of carbonyl (C=O) groups is 3. The molecule has 12 heteroatoms. The quantitative estimate of drug-likeness (QED) is 0.403. The lowest BCUT2D eigenvalue weighted by molar-refractivity contribution is -0.135. The van der Waals surface area contributed by atoms with Gasteiger partial charge in [-0.1, -0.05) is 53.3 Å². The summed E-state index contributed by atoms with van der Waals surface area (Å²) in [5.74, 6) is -1.43. The van der Waals surface area contributed by atoms with Crippen LogP contribution < -0.4 is 9.64 Å². The minimum atomic E-state index is -2.94. The van der Waals surface area contributed by atoms with E-state index in [0.717, 1.165) is 16.0 Å². The van der Waals surface area contributed by atoms with Gasteiger partial charge in [-0.2, -0.15) is 19.0 Å². The molecule has 3 amide bonds. The highest BCUT2D eigenvalue weighted by Gasteiger charge is 2.55. The first kappa shape index (κ1) is 26.2. The van der Waals surface area contributed by atoms with E-state index in [-0.39, 0.29) is 12.3 Å². The van der Waals surface area contributed by atoms with Gasteiger partial charge in [0, 0.05) is 6.42 Å². The highest BCUT2D eigenvalue weighted by molar-refractivity contribution is 6.25. The number of ether oxygens (including phenoxy) is 1.